The van der Waals surface area contributed by atoms with Gasteiger partial charge in [0.2, 0.25) is 0 Å². The Kier molecular flexibility index (Phi) is 7.49. The van der Waals surface area contributed by atoms with Crippen LogP contribution in [0.5, 0.6) is 11.5 Å². The largest absolute Gasteiger partial charge is 0.497 e. The molecule has 1 fully saturated rings. The molecule has 0 aliphatic carbocycles. The van der Waals surface area contributed by atoms with E-state index < -0.39 is 10.5 Å². The van der Waals surface area contributed by atoms with E-state index in [0.717, 1.165) is 19.4 Å². The summed E-state index contributed by atoms with van der Waals surface area (Å²) in [6.07, 6.45) is 1.54. The summed E-state index contributed by atoms with van der Waals surface area (Å²) in [5.41, 5.74) is 0.123. The molecule has 3 aromatic rings. The quantitative estimate of drug-likeness (QED) is 0.263. The molecule has 0 radical (unpaired) electrons. The zero-order valence-electron chi connectivity index (χ0n) is 20.4. The van der Waals surface area contributed by atoms with Crippen LogP contribution < -0.4 is 15.0 Å². The Morgan fingerprint density at radius 2 is 2.00 bits per heavy atom. The maximum Gasteiger partial charge on any atom is 0.310 e. The standard InChI is InChI=1S/C25H28N4O7/c1-4-36-25(31)16-6-5-11-27(14-16)15-23-26-20-9-7-17(29(32)33)12-19(20)24(30)28(23)21-10-8-18(34-2)13-22(21)35-3/h7-10,12-13,16H,4-6,11,14-15H2,1-3H3/t16-/m0/s1. The molecule has 190 valence electrons. The van der Waals surface area contributed by atoms with Crippen LogP contribution in [0, 0.1) is 16.0 Å². The second-order valence-corrected chi connectivity index (χ2v) is 8.49. The lowest BCUT2D eigenvalue weighted by Gasteiger charge is -2.31. The highest BCUT2D eigenvalue weighted by Crippen LogP contribution is 2.29. The number of piperidine rings is 1. The lowest BCUT2D eigenvalue weighted by atomic mass is 9.98. The Labute approximate surface area is 207 Å². The summed E-state index contributed by atoms with van der Waals surface area (Å²) in [4.78, 5) is 43.7. The van der Waals surface area contributed by atoms with E-state index in [2.05, 4.69) is 4.90 Å². The van der Waals surface area contributed by atoms with Crippen molar-refractivity contribution in [1.82, 2.24) is 14.5 Å². The molecule has 2 heterocycles. The van der Waals surface area contributed by atoms with Crippen LogP contribution in [0.4, 0.5) is 5.69 Å². The number of carbonyl (C=O) groups excluding carboxylic acids is 1. The second kappa shape index (κ2) is 10.7. The number of rotatable bonds is 8. The van der Waals surface area contributed by atoms with Gasteiger partial charge in [0, 0.05) is 24.7 Å². The molecule has 1 aliphatic rings. The smallest absolute Gasteiger partial charge is 0.310 e. The normalized spacial score (nSPS) is 16.0. The number of hydrogen-bond acceptors (Lipinski definition) is 9. The molecule has 1 aliphatic heterocycles. The summed E-state index contributed by atoms with van der Waals surface area (Å²) in [7, 11) is 3.01. The number of hydrogen-bond donors (Lipinski definition) is 0. The maximum atomic E-state index is 13.8. The van der Waals surface area contributed by atoms with E-state index in [1.54, 1.807) is 25.1 Å². The number of nitro benzene ring substituents is 1. The molecule has 2 aromatic carbocycles. The van der Waals surface area contributed by atoms with Gasteiger partial charge in [0.15, 0.2) is 0 Å². The van der Waals surface area contributed by atoms with E-state index in [-0.39, 0.29) is 29.5 Å². The third kappa shape index (κ3) is 5.01. The summed E-state index contributed by atoms with van der Waals surface area (Å²) < 4.78 is 17.5. The molecule has 1 saturated heterocycles. The van der Waals surface area contributed by atoms with Crippen LogP contribution in [0.3, 0.4) is 0 Å². The van der Waals surface area contributed by atoms with E-state index in [9.17, 15) is 19.7 Å². The van der Waals surface area contributed by atoms with Crippen molar-refractivity contribution in [2.24, 2.45) is 5.92 Å². The van der Waals surface area contributed by atoms with Crippen molar-refractivity contribution >= 4 is 22.6 Å². The molecule has 0 amide bonds. The Morgan fingerprint density at radius 1 is 1.19 bits per heavy atom. The Balaban J connectivity index is 1.84. The monoisotopic (exact) mass is 496 g/mol. The molecule has 1 atom stereocenters. The van der Waals surface area contributed by atoms with Crippen molar-refractivity contribution in [3.05, 3.63) is 62.7 Å². The van der Waals surface area contributed by atoms with Crippen molar-refractivity contribution < 1.29 is 23.9 Å². The first kappa shape index (κ1) is 25.1. The van der Waals surface area contributed by atoms with E-state index in [1.165, 1.54) is 37.0 Å². The first-order valence-corrected chi connectivity index (χ1v) is 11.7. The molecule has 11 nitrogen and oxygen atoms in total. The van der Waals surface area contributed by atoms with Gasteiger partial charge in [-0.2, -0.15) is 0 Å². The van der Waals surface area contributed by atoms with Gasteiger partial charge in [0.05, 0.1) is 54.8 Å². The van der Waals surface area contributed by atoms with Crippen molar-refractivity contribution in [3.8, 4) is 17.2 Å². The highest BCUT2D eigenvalue weighted by molar-refractivity contribution is 5.80. The van der Waals surface area contributed by atoms with E-state index in [1.807, 2.05) is 0 Å². The number of likely N-dealkylation sites (tertiary alicyclic amines) is 1. The summed E-state index contributed by atoms with van der Waals surface area (Å²) in [5, 5.41) is 11.5. The van der Waals surface area contributed by atoms with Gasteiger partial charge in [-0.15, -0.1) is 0 Å². The van der Waals surface area contributed by atoms with Crippen LogP contribution in [0.15, 0.2) is 41.2 Å². The number of fused-ring (bicyclic) bond motifs is 1. The molecule has 0 unspecified atom stereocenters. The number of nitrogens with zero attached hydrogens (tertiary/aromatic N) is 4. The Hall–Kier alpha value is -3.99. The van der Waals surface area contributed by atoms with Crippen LogP contribution in [-0.4, -0.2) is 59.3 Å². The maximum absolute atomic E-state index is 13.8. The minimum atomic E-state index is -0.547. The zero-order valence-corrected chi connectivity index (χ0v) is 20.4. The van der Waals surface area contributed by atoms with Gasteiger partial charge in [-0.25, -0.2) is 4.98 Å². The predicted octanol–water partition coefficient (Wildman–Crippen LogP) is 3.09. The molecule has 4 rings (SSSR count). The summed E-state index contributed by atoms with van der Waals surface area (Å²) >= 11 is 0. The molecule has 0 spiro atoms. The summed E-state index contributed by atoms with van der Waals surface area (Å²) in [6.45, 7) is 3.59. The fourth-order valence-corrected chi connectivity index (χ4v) is 4.51. The lowest BCUT2D eigenvalue weighted by Crippen LogP contribution is -2.40. The highest BCUT2D eigenvalue weighted by Gasteiger charge is 2.28. The van der Waals surface area contributed by atoms with Crippen LogP contribution in [0.2, 0.25) is 0 Å². The number of aromatic nitrogens is 2. The average Bonchev–Trinajstić information content (AvgIpc) is 2.88. The first-order chi connectivity index (χ1) is 17.4. The molecular weight excluding hydrogens is 468 g/mol. The minimum absolute atomic E-state index is 0.119. The Bertz CT molecular complexity index is 1350. The highest BCUT2D eigenvalue weighted by atomic mass is 16.6. The fourth-order valence-electron chi connectivity index (χ4n) is 4.51. The SMILES string of the molecule is CCOC(=O)[C@H]1CCCN(Cc2nc3ccc([N+](=O)[O-])cc3c(=O)n2-c2ccc(OC)cc2OC)C1. The Morgan fingerprint density at radius 3 is 2.69 bits per heavy atom. The number of carbonyl (C=O) groups is 1. The molecular formula is C25H28N4O7. The van der Waals surface area contributed by atoms with Gasteiger partial charge in [0.1, 0.15) is 17.3 Å². The van der Waals surface area contributed by atoms with Crippen LogP contribution in [0.1, 0.15) is 25.6 Å². The first-order valence-electron chi connectivity index (χ1n) is 11.7. The van der Waals surface area contributed by atoms with Gasteiger partial charge >= 0.3 is 5.97 Å². The van der Waals surface area contributed by atoms with Gasteiger partial charge in [-0.05, 0) is 44.5 Å². The topological polar surface area (TPSA) is 126 Å². The van der Waals surface area contributed by atoms with Gasteiger partial charge < -0.3 is 14.2 Å². The van der Waals surface area contributed by atoms with E-state index in [0.29, 0.717) is 41.7 Å². The van der Waals surface area contributed by atoms with Crippen LogP contribution >= 0.6 is 0 Å². The molecule has 11 heteroatoms. The number of methoxy groups -OCH3 is 2. The number of ether oxygens (including phenoxy) is 3. The van der Waals surface area contributed by atoms with Crippen molar-refractivity contribution in [2.45, 2.75) is 26.3 Å². The second-order valence-electron chi connectivity index (χ2n) is 8.49. The number of esters is 1. The molecule has 0 bridgehead atoms. The summed E-state index contributed by atoms with van der Waals surface area (Å²) in [5.74, 6) is 0.872. The predicted molar refractivity (Wildman–Crippen MR) is 132 cm³/mol. The van der Waals surface area contributed by atoms with E-state index in [4.69, 9.17) is 19.2 Å². The molecule has 1 aromatic heterocycles. The zero-order chi connectivity index (χ0) is 25.8. The van der Waals surface area contributed by atoms with Crippen LogP contribution in [0.25, 0.3) is 16.6 Å². The molecule has 0 N–H and O–H groups in total. The fraction of sp³-hybridized carbons (Fsp3) is 0.400. The van der Waals surface area contributed by atoms with Crippen LogP contribution in [-0.2, 0) is 16.1 Å². The van der Waals surface area contributed by atoms with E-state index >= 15 is 0 Å². The van der Waals surface area contributed by atoms with Crippen molar-refractivity contribution in [2.75, 3.05) is 33.9 Å². The average molecular weight is 497 g/mol. The summed E-state index contributed by atoms with van der Waals surface area (Å²) in [6, 6.07) is 9.08. The van der Waals surface area contributed by atoms with Crippen molar-refractivity contribution in [1.29, 1.82) is 0 Å². The number of nitro groups is 1. The lowest BCUT2D eigenvalue weighted by molar-refractivity contribution is -0.384. The van der Waals surface area contributed by atoms with Crippen molar-refractivity contribution in [3.63, 3.8) is 0 Å². The number of non-ortho nitro benzene ring substituents is 1. The molecule has 0 saturated carbocycles. The number of benzene rings is 2. The third-order valence-corrected chi connectivity index (χ3v) is 6.25. The van der Waals surface area contributed by atoms with Gasteiger partial charge in [0.25, 0.3) is 11.2 Å². The third-order valence-electron chi connectivity index (χ3n) is 6.25. The van der Waals surface area contributed by atoms with Gasteiger partial charge in [-0.1, -0.05) is 0 Å². The van der Waals surface area contributed by atoms with Gasteiger partial charge in [-0.3, -0.25) is 29.2 Å². The minimum Gasteiger partial charge on any atom is -0.497 e. The molecule has 36 heavy (non-hydrogen) atoms.